The number of rotatable bonds is 2. The molecule has 0 saturated carbocycles. The summed E-state index contributed by atoms with van der Waals surface area (Å²) in [6, 6.07) is 7.13. The highest BCUT2D eigenvalue weighted by molar-refractivity contribution is 7.12. The van der Waals surface area contributed by atoms with Crippen LogP contribution in [0.15, 0.2) is 29.8 Å². The highest BCUT2D eigenvalue weighted by Crippen LogP contribution is 2.15. The molecular weight excluding hydrogens is 260 g/mol. The van der Waals surface area contributed by atoms with Gasteiger partial charge in [0.1, 0.15) is 11.5 Å². The predicted molar refractivity (Wildman–Crippen MR) is 75.2 cm³/mol. The number of amides is 1. The van der Waals surface area contributed by atoms with Gasteiger partial charge in [-0.15, -0.1) is 11.3 Å². The molecule has 0 fully saturated rings. The Hall–Kier alpha value is -2.16. The first-order chi connectivity index (χ1) is 9.20. The van der Waals surface area contributed by atoms with E-state index < -0.39 is 0 Å². The molecule has 0 saturated heterocycles. The van der Waals surface area contributed by atoms with Gasteiger partial charge in [0.2, 0.25) is 0 Å². The van der Waals surface area contributed by atoms with Gasteiger partial charge in [0.15, 0.2) is 0 Å². The molecule has 1 heterocycles. The van der Waals surface area contributed by atoms with Crippen molar-refractivity contribution in [2.24, 2.45) is 0 Å². The van der Waals surface area contributed by atoms with E-state index in [9.17, 15) is 4.79 Å². The summed E-state index contributed by atoms with van der Waals surface area (Å²) >= 11 is 1.32. The summed E-state index contributed by atoms with van der Waals surface area (Å²) < 4.78 is 0. The van der Waals surface area contributed by atoms with Gasteiger partial charge in [-0.2, -0.15) is 0 Å². The van der Waals surface area contributed by atoms with Crippen LogP contribution in [0.1, 0.15) is 20.9 Å². The van der Waals surface area contributed by atoms with Gasteiger partial charge in [-0.1, -0.05) is 11.8 Å². The smallest absolute Gasteiger partial charge is 0.267 e. The highest BCUT2D eigenvalue weighted by atomic mass is 32.1. The fourth-order valence-electron chi connectivity index (χ4n) is 1.49. The molecule has 0 aliphatic carbocycles. The Balaban J connectivity index is 2.08. The van der Waals surface area contributed by atoms with Crippen LogP contribution < -0.4 is 5.32 Å². The van der Waals surface area contributed by atoms with Crippen molar-refractivity contribution < 1.29 is 9.90 Å². The van der Waals surface area contributed by atoms with Crippen LogP contribution >= 0.6 is 11.3 Å². The van der Waals surface area contributed by atoms with Gasteiger partial charge in [-0.25, -0.2) is 4.98 Å². The molecule has 0 aliphatic heterocycles. The number of nitrogens with one attached hydrogen (secondary N) is 1. The van der Waals surface area contributed by atoms with E-state index in [1.54, 1.807) is 36.7 Å². The Morgan fingerprint density at radius 1 is 1.42 bits per heavy atom. The van der Waals surface area contributed by atoms with Crippen LogP contribution in [0.4, 0.5) is 5.69 Å². The monoisotopic (exact) mass is 272 g/mol. The third-order valence-electron chi connectivity index (χ3n) is 2.41. The number of carbonyl (C=O) groups is 1. The fraction of sp³-hybridized carbons (Fsp3) is 0.143. The van der Waals surface area contributed by atoms with Crippen LogP contribution in [-0.2, 0) is 0 Å². The number of aliphatic hydroxyl groups excluding tert-OH is 1. The number of hydrogen-bond acceptors (Lipinski definition) is 4. The second kappa shape index (κ2) is 6.14. The summed E-state index contributed by atoms with van der Waals surface area (Å²) in [4.78, 5) is 16.6. The van der Waals surface area contributed by atoms with Crippen molar-refractivity contribution >= 4 is 22.9 Å². The van der Waals surface area contributed by atoms with Gasteiger partial charge in [-0.05, 0) is 31.2 Å². The number of hydrogen-bond donors (Lipinski definition) is 2. The van der Waals surface area contributed by atoms with Crippen molar-refractivity contribution in [3.05, 3.63) is 45.9 Å². The Morgan fingerprint density at radius 2 is 2.16 bits per heavy atom. The molecule has 2 N–H and O–H groups in total. The van der Waals surface area contributed by atoms with Gasteiger partial charge in [0.25, 0.3) is 5.91 Å². The number of aliphatic hydroxyl groups is 1. The van der Waals surface area contributed by atoms with Crippen LogP contribution in [0.25, 0.3) is 0 Å². The maximum Gasteiger partial charge on any atom is 0.267 e. The number of anilines is 1. The number of benzene rings is 1. The second-order valence-electron chi connectivity index (χ2n) is 3.76. The average Bonchev–Trinajstić information content (AvgIpc) is 2.84. The molecule has 4 nitrogen and oxygen atoms in total. The molecule has 1 aromatic carbocycles. The summed E-state index contributed by atoms with van der Waals surface area (Å²) in [6.45, 7) is 1.64. The zero-order valence-electron chi connectivity index (χ0n) is 10.3. The van der Waals surface area contributed by atoms with Crippen LogP contribution in [0.3, 0.4) is 0 Å². The first kappa shape index (κ1) is 13.3. The van der Waals surface area contributed by atoms with Crippen molar-refractivity contribution in [2.75, 3.05) is 11.9 Å². The molecule has 0 radical (unpaired) electrons. The topological polar surface area (TPSA) is 62.2 Å². The number of carbonyl (C=O) groups excluding carboxylic acids is 1. The molecule has 19 heavy (non-hydrogen) atoms. The molecular formula is C14H12N2O2S. The minimum atomic E-state index is -0.164. The molecule has 96 valence electrons. The second-order valence-corrected chi connectivity index (χ2v) is 4.61. The minimum Gasteiger partial charge on any atom is -0.384 e. The van der Waals surface area contributed by atoms with E-state index >= 15 is 0 Å². The summed E-state index contributed by atoms with van der Waals surface area (Å²) in [6.07, 6.45) is 0. The van der Waals surface area contributed by atoms with Crippen LogP contribution in [0, 0.1) is 18.8 Å². The first-order valence-electron chi connectivity index (χ1n) is 5.62. The van der Waals surface area contributed by atoms with Gasteiger partial charge < -0.3 is 10.4 Å². The van der Waals surface area contributed by atoms with E-state index in [0.29, 0.717) is 10.6 Å². The third kappa shape index (κ3) is 3.41. The molecule has 5 heteroatoms. The number of aromatic nitrogens is 1. The van der Waals surface area contributed by atoms with Crippen LogP contribution in [0.2, 0.25) is 0 Å². The maximum absolute atomic E-state index is 12.0. The predicted octanol–water partition coefficient (Wildman–Crippen LogP) is 2.05. The summed E-state index contributed by atoms with van der Waals surface area (Å²) in [5, 5.41) is 11.4. The van der Waals surface area contributed by atoms with Gasteiger partial charge >= 0.3 is 0 Å². The minimum absolute atomic E-state index is 0.158. The summed E-state index contributed by atoms with van der Waals surface area (Å²) in [7, 11) is 0. The molecule has 2 rings (SSSR count). The maximum atomic E-state index is 12.0. The quantitative estimate of drug-likeness (QED) is 0.822. The van der Waals surface area contributed by atoms with Crippen molar-refractivity contribution in [1.82, 2.24) is 4.98 Å². The zero-order chi connectivity index (χ0) is 13.7. The normalized spacial score (nSPS) is 9.58. The molecule has 2 aromatic rings. The van der Waals surface area contributed by atoms with Crippen molar-refractivity contribution in [2.45, 2.75) is 6.92 Å². The van der Waals surface area contributed by atoms with E-state index in [1.807, 2.05) is 0 Å². The largest absolute Gasteiger partial charge is 0.384 e. The average molecular weight is 272 g/mol. The van der Waals surface area contributed by atoms with Crippen LogP contribution in [0.5, 0.6) is 0 Å². The van der Waals surface area contributed by atoms with Crippen molar-refractivity contribution in [3.63, 3.8) is 0 Å². The lowest BCUT2D eigenvalue weighted by Crippen LogP contribution is -2.11. The van der Waals surface area contributed by atoms with Gasteiger partial charge in [0.05, 0.1) is 11.2 Å². The lowest BCUT2D eigenvalue weighted by atomic mass is 10.2. The molecule has 0 unspecified atom stereocenters. The van der Waals surface area contributed by atoms with E-state index in [-0.39, 0.29) is 12.5 Å². The van der Waals surface area contributed by atoms with Crippen molar-refractivity contribution in [1.29, 1.82) is 0 Å². The fourth-order valence-corrected chi connectivity index (χ4v) is 2.18. The number of aryl methyl sites for hydroxylation is 1. The van der Waals surface area contributed by atoms with Crippen molar-refractivity contribution in [3.8, 4) is 11.8 Å². The van der Waals surface area contributed by atoms with Crippen LogP contribution in [-0.4, -0.2) is 22.6 Å². The molecule has 1 amide bonds. The summed E-state index contributed by atoms with van der Waals surface area (Å²) in [5.41, 5.74) is 3.87. The molecule has 0 aliphatic rings. The zero-order valence-corrected chi connectivity index (χ0v) is 11.1. The molecule has 0 spiro atoms. The van der Waals surface area contributed by atoms with Gasteiger partial charge in [-0.3, -0.25) is 4.79 Å². The van der Waals surface area contributed by atoms with E-state index in [4.69, 9.17) is 5.11 Å². The lowest BCUT2D eigenvalue weighted by molar-refractivity contribution is 0.103. The summed E-state index contributed by atoms with van der Waals surface area (Å²) in [5.74, 6) is 5.20. The van der Waals surface area contributed by atoms with E-state index in [2.05, 4.69) is 22.1 Å². The SMILES string of the molecule is Cc1ncsc1C(=O)Nc1ccc(C#CCO)cc1. The van der Waals surface area contributed by atoms with E-state index in [1.165, 1.54) is 11.3 Å². The molecule has 0 atom stereocenters. The molecule has 1 aromatic heterocycles. The first-order valence-corrected chi connectivity index (χ1v) is 6.50. The Morgan fingerprint density at radius 3 is 2.74 bits per heavy atom. The standard InChI is InChI=1S/C14H12N2O2S/c1-10-13(19-9-15-10)14(18)16-12-6-4-11(5-7-12)3-2-8-17/h4-7,9,17H,8H2,1H3,(H,16,18). The van der Waals surface area contributed by atoms with Gasteiger partial charge in [0, 0.05) is 11.3 Å². The third-order valence-corrected chi connectivity index (χ3v) is 3.33. The Labute approximate surface area is 115 Å². The van der Waals surface area contributed by atoms with E-state index in [0.717, 1.165) is 11.3 Å². The lowest BCUT2D eigenvalue weighted by Gasteiger charge is -2.03. The molecule has 0 bridgehead atoms. The highest BCUT2D eigenvalue weighted by Gasteiger charge is 2.11. The Bertz CT molecular complexity index is 635. The number of nitrogens with zero attached hydrogens (tertiary/aromatic N) is 1. The number of thiazole rings is 1. The Kier molecular flexibility index (Phi) is 4.29.